The normalized spacial score (nSPS) is 15.6. The summed E-state index contributed by atoms with van der Waals surface area (Å²) in [6.45, 7) is 0.537. The highest BCUT2D eigenvalue weighted by Gasteiger charge is 2.19. The molecule has 1 aliphatic carbocycles. The lowest BCUT2D eigenvalue weighted by atomic mass is 9.86. The van der Waals surface area contributed by atoms with Crippen LogP contribution >= 0.6 is 15.9 Å². The van der Waals surface area contributed by atoms with Gasteiger partial charge >= 0.3 is 5.97 Å². The molecule has 0 unspecified atom stereocenters. The minimum atomic E-state index is -0.286. The van der Waals surface area contributed by atoms with Crippen molar-refractivity contribution in [1.82, 2.24) is 0 Å². The molecule has 1 aromatic rings. The van der Waals surface area contributed by atoms with Crippen molar-refractivity contribution in [3.8, 4) is 0 Å². The standard InChI is InChI=1S/C12H14BrNO2/c13-10-5-4-9(6-11(10)14)12(15)16-7-8-2-1-3-8/h4-6,8H,1-3,7,14H2. The van der Waals surface area contributed by atoms with Crippen LogP contribution in [0.3, 0.4) is 0 Å². The molecule has 0 atom stereocenters. The number of rotatable bonds is 3. The smallest absolute Gasteiger partial charge is 0.338 e. The van der Waals surface area contributed by atoms with Crippen LogP contribution in [0.1, 0.15) is 29.6 Å². The Kier molecular flexibility index (Phi) is 3.49. The highest BCUT2D eigenvalue weighted by molar-refractivity contribution is 9.10. The van der Waals surface area contributed by atoms with E-state index < -0.39 is 0 Å². The van der Waals surface area contributed by atoms with Gasteiger partial charge in [-0.2, -0.15) is 0 Å². The topological polar surface area (TPSA) is 52.3 Å². The number of nitrogen functional groups attached to an aromatic ring is 1. The molecule has 16 heavy (non-hydrogen) atoms. The summed E-state index contributed by atoms with van der Waals surface area (Å²) in [6.07, 6.45) is 3.61. The van der Waals surface area contributed by atoms with Gasteiger partial charge in [-0.25, -0.2) is 4.79 Å². The molecule has 1 aliphatic rings. The van der Waals surface area contributed by atoms with E-state index in [1.54, 1.807) is 18.2 Å². The van der Waals surface area contributed by atoms with E-state index in [1.165, 1.54) is 19.3 Å². The maximum atomic E-state index is 11.7. The van der Waals surface area contributed by atoms with Crippen LogP contribution in [-0.4, -0.2) is 12.6 Å². The van der Waals surface area contributed by atoms with Crippen LogP contribution in [0.2, 0.25) is 0 Å². The van der Waals surface area contributed by atoms with E-state index in [1.807, 2.05) is 0 Å². The fourth-order valence-corrected chi connectivity index (χ4v) is 1.85. The summed E-state index contributed by atoms with van der Waals surface area (Å²) in [5.41, 5.74) is 6.76. The Balaban J connectivity index is 1.94. The van der Waals surface area contributed by atoms with Gasteiger partial charge in [-0.3, -0.25) is 0 Å². The number of nitrogens with two attached hydrogens (primary N) is 1. The monoisotopic (exact) mass is 283 g/mol. The first-order valence-corrected chi connectivity index (χ1v) is 6.18. The molecule has 0 bridgehead atoms. The summed E-state index contributed by atoms with van der Waals surface area (Å²) >= 11 is 3.28. The van der Waals surface area contributed by atoms with Crippen LogP contribution in [-0.2, 0) is 4.74 Å². The van der Waals surface area contributed by atoms with E-state index in [4.69, 9.17) is 10.5 Å². The summed E-state index contributed by atoms with van der Waals surface area (Å²) in [7, 11) is 0. The molecule has 0 radical (unpaired) electrons. The van der Waals surface area contributed by atoms with Crippen molar-refractivity contribution in [3.05, 3.63) is 28.2 Å². The lowest BCUT2D eigenvalue weighted by Gasteiger charge is -2.24. The average molecular weight is 284 g/mol. The van der Waals surface area contributed by atoms with Crippen LogP contribution < -0.4 is 5.73 Å². The average Bonchev–Trinajstić information content (AvgIpc) is 2.19. The summed E-state index contributed by atoms with van der Waals surface area (Å²) in [5, 5.41) is 0. The summed E-state index contributed by atoms with van der Waals surface area (Å²) in [4.78, 5) is 11.7. The van der Waals surface area contributed by atoms with E-state index in [0.717, 1.165) is 4.47 Å². The minimum Gasteiger partial charge on any atom is -0.462 e. The SMILES string of the molecule is Nc1cc(C(=O)OCC2CCC2)ccc1Br. The molecule has 0 amide bonds. The van der Waals surface area contributed by atoms with Crippen LogP contribution in [0.25, 0.3) is 0 Å². The fourth-order valence-electron chi connectivity index (χ4n) is 1.61. The van der Waals surface area contributed by atoms with Gasteiger partial charge in [-0.05, 0) is 52.9 Å². The van der Waals surface area contributed by atoms with E-state index in [2.05, 4.69) is 15.9 Å². The molecule has 1 saturated carbocycles. The van der Waals surface area contributed by atoms with E-state index in [0.29, 0.717) is 23.8 Å². The maximum Gasteiger partial charge on any atom is 0.338 e. The molecule has 1 fully saturated rings. The van der Waals surface area contributed by atoms with Gasteiger partial charge in [-0.1, -0.05) is 6.42 Å². The zero-order valence-electron chi connectivity index (χ0n) is 8.91. The zero-order valence-corrected chi connectivity index (χ0v) is 10.5. The molecular weight excluding hydrogens is 270 g/mol. The van der Waals surface area contributed by atoms with Gasteiger partial charge < -0.3 is 10.5 Å². The molecule has 1 aromatic carbocycles. The molecule has 0 heterocycles. The number of hydrogen-bond acceptors (Lipinski definition) is 3. The third-order valence-electron chi connectivity index (χ3n) is 2.91. The van der Waals surface area contributed by atoms with Crippen molar-refractivity contribution < 1.29 is 9.53 Å². The molecule has 0 aromatic heterocycles. The largest absolute Gasteiger partial charge is 0.462 e. The van der Waals surface area contributed by atoms with Gasteiger partial charge in [-0.15, -0.1) is 0 Å². The molecule has 4 heteroatoms. The molecule has 3 nitrogen and oxygen atoms in total. The highest BCUT2D eigenvalue weighted by Crippen LogP contribution is 2.27. The molecule has 0 spiro atoms. The van der Waals surface area contributed by atoms with Crippen LogP contribution in [0, 0.1) is 5.92 Å². The Hall–Kier alpha value is -1.03. The Bertz CT molecular complexity index is 402. The second-order valence-electron chi connectivity index (χ2n) is 4.13. The van der Waals surface area contributed by atoms with Gasteiger partial charge in [0, 0.05) is 10.2 Å². The van der Waals surface area contributed by atoms with Crippen LogP contribution in [0.5, 0.6) is 0 Å². The quantitative estimate of drug-likeness (QED) is 0.685. The molecule has 2 N–H and O–H groups in total. The maximum absolute atomic E-state index is 11.7. The van der Waals surface area contributed by atoms with Crippen molar-refractivity contribution in [3.63, 3.8) is 0 Å². The van der Waals surface area contributed by atoms with Gasteiger partial charge in [0.05, 0.1) is 12.2 Å². The van der Waals surface area contributed by atoms with Crippen LogP contribution in [0.15, 0.2) is 22.7 Å². The third-order valence-corrected chi connectivity index (χ3v) is 3.63. The van der Waals surface area contributed by atoms with Crippen molar-refractivity contribution in [2.24, 2.45) is 5.92 Å². The second-order valence-corrected chi connectivity index (χ2v) is 4.99. The molecule has 0 saturated heterocycles. The highest BCUT2D eigenvalue weighted by atomic mass is 79.9. The van der Waals surface area contributed by atoms with Gasteiger partial charge in [0.25, 0.3) is 0 Å². The van der Waals surface area contributed by atoms with Gasteiger partial charge in [0.15, 0.2) is 0 Å². The Morgan fingerprint density at radius 2 is 2.25 bits per heavy atom. The van der Waals surface area contributed by atoms with E-state index in [-0.39, 0.29) is 5.97 Å². The Morgan fingerprint density at radius 3 is 2.81 bits per heavy atom. The van der Waals surface area contributed by atoms with Crippen molar-refractivity contribution in [1.29, 1.82) is 0 Å². The first-order chi connectivity index (χ1) is 7.66. The number of carbonyl (C=O) groups is 1. The van der Waals surface area contributed by atoms with Gasteiger partial charge in [0.1, 0.15) is 0 Å². The van der Waals surface area contributed by atoms with E-state index >= 15 is 0 Å². The summed E-state index contributed by atoms with van der Waals surface area (Å²) in [5.74, 6) is 0.280. The number of anilines is 1. The van der Waals surface area contributed by atoms with Crippen molar-refractivity contribution in [2.45, 2.75) is 19.3 Å². The predicted molar refractivity (Wildman–Crippen MR) is 66.2 cm³/mol. The third kappa shape index (κ3) is 2.55. The van der Waals surface area contributed by atoms with Crippen LogP contribution in [0.4, 0.5) is 5.69 Å². The molecule has 0 aliphatic heterocycles. The number of carbonyl (C=O) groups excluding carboxylic acids is 1. The Labute approximate surface area is 103 Å². The van der Waals surface area contributed by atoms with E-state index in [9.17, 15) is 4.79 Å². The molecule has 86 valence electrons. The number of halogens is 1. The lowest BCUT2D eigenvalue weighted by molar-refractivity contribution is 0.0371. The summed E-state index contributed by atoms with van der Waals surface area (Å²) in [6, 6.07) is 5.10. The second kappa shape index (κ2) is 4.87. The first kappa shape index (κ1) is 11.5. The number of esters is 1. The lowest BCUT2D eigenvalue weighted by Crippen LogP contribution is -2.20. The first-order valence-electron chi connectivity index (χ1n) is 5.39. The van der Waals surface area contributed by atoms with Crippen molar-refractivity contribution >= 4 is 27.6 Å². The fraction of sp³-hybridized carbons (Fsp3) is 0.417. The minimum absolute atomic E-state index is 0.286. The predicted octanol–water partition coefficient (Wildman–Crippen LogP) is 2.99. The van der Waals surface area contributed by atoms with Crippen molar-refractivity contribution in [2.75, 3.05) is 12.3 Å². The molecule has 2 rings (SSSR count). The summed E-state index contributed by atoms with van der Waals surface area (Å²) < 4.78 is 6.01. The number of ether oxygens (including phenoxy) is 1. The zero-order chi connectivity index (χ0) is 11.5. The van der Waals surface area contributed by atoms with Gasteiger partial charge in [0.2, 0.25) is 0 Å². The number of benzene rings is 1. The number of hydrogen-bond donors (Lipinski definition) is 1. The Morgan fingerprint density at radius 1 is 1.50 bits per heavy atom. The molecular formula is C12H14BrNO2.